The molecular weight excluding hydrogens is 250 g/mol. The van der Waals surface area contributed by atoms with Gasteiger partial charge in [-0.3, -0.25) is 4.90 Å². The Bertz CT molecular complexity index is 333. The fourth-order valence-corrected chi connectivity index (χ4v) is 3.06. The number of piperazine rings is 1. The first-order valence-corrected chi connectivity index (χ1v) is 8.22. The molecule has 0 aromatic rings. The van der Waals surface area contributed by atoms with Gasteiger partial charge in [-0.15, -0.1) is 0 Å². The standard InChI is InChI=1S/C16H29N3O/c1-2-10-18-11-13-19(14-12-18)16(20)17-9-8-15-6-4-3-5-7-15/h6H,2-5,7-14H2,1H3,(H,17,20). The number of nitrogens with zero attached hydrogens (tertiary/aromatic N) is 2. The molecule has 0 bridgehead atoms. The molecule has 1 aliphatic carbocycles. The Labute approximate surface area is 123 Å². The molecule has 1 fully saturated rings. The highest BCUT2D eigenvalue weighted by atomic mass is 16.2. The number of rotatable bonds is 5. The van der Waals surface area contributed by atoms with Crippen molar-refractivity contribution in [1.29, 1.82) is 0 Å². The zero-order valence-electron chi connectivity index (χ0n) is 12.9. The average Bonchev–Trinajstić information content (AvgIpc) is 2.49. The summed E-state index contributed by atoms with van der Waals surface area (Å²) in [6.45, 7) is 7.93. The van der Waals surface area contributed by atoms with Gasteiger partial charge in [0.25, 0.3) is 0 Å². The summed E-state index contributed by atoms with van der Waals surface area (Å²) < 4.78 is 0. The number of nitrogens with one attached hydrogen (secondary N) is 1. The van der Waals surface area contributed by atoms with Gasteiger partial charge in [0.05, 0.1) is 0 Å². The van der Waals surface area contributed by atoms with Crippen LogP contribution in [-0.2, 0) is 0 Å². The van der Waals surface area contributed by atoms with Gasteiger partial charge < -0.3 is 10.2 Å². The van der Waals surface area contributed by atoms with Crippen LogP contribution in [0.3, 0.4) is 0 Å². The van der Waals surface area contributed by atoms with Crippen molar-refractivity contribution >= 4 is 6.03 Å². The van der Waals surface area contributed by atoms with Crippen LogP contribution in [0.15, 0.2) is 11.6 Å². The number of hydrogen-bond donors (Lipinski definition) is 1. The predicted molar refractivity (Wildman–Crippen MR) is 82.9 cm³/mol. The molecule has 0 atom stereocenters. The van der Waals surface area contributed by atoms with Crippen molar-refractivity contribution in [2.45, 2.75) is 45.4 Å². The van der Waals surface area contributed by atoms with Gasteiger partial charge in [-0.05, 0) is 45.1 Å². The number of hydrogen-bond acceptors (Lipinski definition) is 2. The van der Waals surface area contributed by atoms with Gasteiger partial charge in [0, 0.05) is 32.7 Å². The van der Waals surface area contributed by atoms with Crippen LogP contribution >= 0.6 is 0 Å². The molecule has 1 heterocycles. The lowest BCUT2D eigenvalue weighted by atomic mass is 9.97. The molecule has 4 nitrogen and oxygen atoms in total. The highest BCUT2D eigenvalue weighted by Gasteiger charge is 2.20. The maximum atomic E-state index is 12.1. The van der Waals surface area contributed by atoms with Crippen LogP contribution in [0.5, 0.6) is 0 Å². The first-order chi connectivity index (χ1) is 9.79. The predicted octanol–water partition coefficient (Wildman–Crippen LogP) is 2.61. The normalized spacial score (nSPS) is 20.6. The van der Waals surface area contributed by atoms with E-state index in [2.05, 4.69) is 23.2 Å². The van der Waals surface area contributed by atoms with E-state index >= 15 is 0 Å². The smallest absolute Gasteiger partial charge is 0.317 e. The van der Waals surface area contributed by atoms with E-state index in [0.717, 1.165) is 45.7 Å². The Morgan fingerprint density at radius 1 is 1.25 bits per heavy atom. The Morgan fingerprint density at radius 2 is 2.05 bits per heavy atom. The average molecular weight is 279 g/mol. The summed E-state index contributed by atoms with van der Waals surface area (Å²) in [7, 11) is 0. The monoisotopic (exact) mass is 279 g/mol. The Hall–Kier alpha value is -1.03. The molecule has 0 aromatic heterocycles. The van der Waals surface area contributed by atoms with Crippen LogP contribution < -0.4 is 5.32 Å². The van der Waals surface area contributed by atoms with Gasteiger partial charge in [-0.25, -0.2) is 4.79 Å². The molecular formula is C16H29N3O. The minimum absolute atomic E-state index is 0.123. The van der Waals surface area contributed by atoms with E-state index < -0.39 is 0 Å². The second-order valence-electron chi connectivity index (χ2n) is 5.92. The van der Waals surface area contributed by atoms with Crippen LogP contribution in [0.25, 0.3) is 0 Å². The van der Waals surface area contributed by atoms with Gasteiger partial charge >= 0.3 is 6.03 Å². The van der Waals surface area contributed by atoms with E-state index in [1.165, 1.54) is 37.7 Å². The third-order valence-corrected chi connectivity index (χ3v) is 4.31. The lowest BCUT2D eigenvalue weighted by Gasteiger charge is -2.34. The largest absolute Gasteiger partial charge is 0.338 e. The summed E-state index contributed by atoms with van der Waals surface area (Å²) in [4.78, 5) is 16.5. The van der Waals surface area contributed by atoms with Crippen molar-refractivity contribution in [3.05, 3.63) is 11.6 Å². The topological polar surface area (TPSA) is 35.6 Å². The van der Waals surface area contributed by atoms with Gasteiger partial charge in [-0.1, -0.05) is 18.6 Å². The Kier molecular flexibility index (Phi) is 6.37. The fraction of sp³-hybridized carbons (Fsp3) is 0.812. The summed E-state index contributed by atoms with van der Waals surface area (Å²) >= 11 is 0. The molecule has 1 aliphatic heterocycles. The Morgan fingerprint density at radius 3 is 2.70 bits per heavy atom. The summed E-state index contributed by atoms with van der Waals surface area (Å²) in [5.74, 6) is 0. The number of amides is 2. The summed E-state index contributed by atoms with van der Waals surface area (Å²) in [6.07, 6.45) is 9.69. The van der Waals surface area contributed by atoms with Crippen molar-refractivity contribution in [3.63, 3.8) is 0 Å². The van der Waals surface area contributed by atoms with Crippen LogP contribution in [0.2, 0.25) is 0 Å². The van der Waals surface area contributed by atoms with E-state index in [9.17, 15) is 4.79 Å². The molecule has 4 heteroatoms. The van der Waals surface area contributed by atoms with Crippen LogP contribution in [0.1, 0.15) is 45.4 Å². The van der Waals surface area contributed by atoms with E-state index in [4.69, 9.17) is 0 Å². The number of carbonyl (C=O) groups is 1. The third-order valence-electron chi connectivity index (χ3n) is 4.31. The van der Waals surface area contributed by atoms with Crippen LogP contribution in [0, 0.1) is 0 Å². The number of allylic oxidation sites excluding steroid dienone is 1. The lowest BCUT2D eigenvalue weighted by molar-refractivity contribution is 0.139. The molecule has 2 rings (SSSR count). The fourth-order valence-electron chi connectivity index (χ4n) is 3.06. The second kappa shape index (κ2) is 8.30. The minimum atomic E-state index is 0.123. The third kappa shape index (κ3) is 4.82. The first-order valence-electron chi connectivity index (χ1n) is 8.22. The molecule has 0 aromatic carbocycles. The van der Waals surface area contributed by atoms with Gasteiger partial charge in [0.2, 0.25) is 0 Å². The molecule has 2 amide bonds. The molecule has 1 N–H and O–H groups in total. The van der Waals surface area contributed by atoms with Crippen molar-refractivity contribution in [2.24, 2.45) is 0 Å². The van der Waals surface area contributed by atoms with Crippen molar-refractivity contribution in [1.82, 2.24) is 15.1 Å². The first kappa shape index (κ1) is 15.4. The zero-order chi connectivity index (χ0) is 14.2. The quantitative estimate of drug-likeness (QED) is 0.785. The summed E-state index contributed by atoms with van der Waals surface area (Å²) in [6, 6.07) is 0.123. The molecule has 2 aliphatic rings. The second-order valence-corrected chi connectivity index (χ2v) is 5.92. The van der Waals surface area contributed by atoms with E-state index in [1.54, 1.807) is 0 Å². The molecule has 114 valence electrons. The van der Waals surface area contributed by atoms with E-state index in [-0.39, 0.29) is 6.03 Å². The molecule has 0 spiro atoms. The maximum Gasteiger partial charge on any atom is 0.317 e. The van der Waals surface area contributed by atoms with Crippen LogP contribution in [0.4, 0.5) is 4.79 Å². The van der Waals surface area contributed by atoms with E-state index in [0.29, 0.717) is 0 Å². The molecule has 1 saturated heterocycles. The molecule has 0 saturated carbocycles. The van der Waals surface area contributed by atoms with Crippen molar-refractivity contribution in [3.8, 4) is 0 Å². The van der Waals surface area contributed by atoms with Gasteiger partial charge in [0.1, 0.15) is 0 Å². The number of urea groups is 1. The molecule has 20 heavy (non-hydrogen) atoms. The highest BCUT2D eigenvalue weighted by Crippen LogP contribution is 2.19. The number of carbonyl (C=O) groups excluding carboxylic acids is 1. The van der Waals surface area contributed by atoms with E-state index in [1.807, 2.05) is 4.90 Å². The Balaban J connectivity index is 1.61. The van der Waals surface area contributed by atoms with Gasteiger partial charge in [-0.2, -0.15) is 0 Å². The highest BCUT2D eigenvalue weighted by molar-refractivity contribution is 5.74. The SMILES string of the molecule is CCCN1CCN(C(=O)NCCC2=CCCCC2)CC1. The minimum Gasteiger partial charge on any atom is -0.338 e. The lowest BCUT2D eigenvalue weighted by Crippen LogP contribution is -2.51. The van der Waals surface area contributed by atoms with Crippen molar-refractivity contribution < 1.29 is 4.79 Å². The summed E-state index contributed by atoms with van der Waals surface area (Å²) in [5, 5.41) is 3.07. The molecule has 0 radical (unpaired) electrons. The van der Waals surface area contributed by atoms with Gasteiger partial charge in [0.15, 0.2) is 0 Å². The molecule has 0 unspecified atom stereocenters. The summed E-state index contributed by atoms with van der Waals surface area (Å²) in [5.41, 5.74) is 1.53. The zero-order valence-corrected chi connectivity index (χ0v) is 12.9. The van der Waals surface area contributed by atoms with Crippen molar-refractivity contribution in [2.75, 3.05) is 39.3 Å². The van der Waals surface area contributed by atoms with Crippen LogP contribution in [-0.4, -0.2) is 55.1 Å². The maximum absolute atomic E-state index is 12.1.